The molecule has 2 fully saturated rings. The summed E-state index contributed by atoms with van der Waals surface area (Å²) in [6.07, 6.45) is 2.21. The Morgan fingerprint density at radius 1 is 1.50 bits per heavy atom. The van der Waals surface area contributed by atoms with Gasteiger partial charge >= 0.3 is 0 Å². The molecule has 0 aromatic heterocycles. The van der Waals surface area contributed by atoms with Gasteiger partial charge < -0.3 is 14.2 Å². The van der Waals surface area contributed by atoms with Crippen LogP contribution < -0.4 is 0 Å². The zero-order valence-corrected chi connectivity index (χ0v) is 8.51. The van der Waals surface area contributed by atoms with Gasteiger partial charge in [-0.05, 0) is 6.42 Å². The van der Waals surface area contributed by atoms with Gasteiger partial charge in [-0.2, -0.15) is 0 Å². The van der Waals surface area contributed by atoms with E-state index in [1.807, 2.05) is 0 Å². The first-order valence-corrected chi connectivity index (χ1v) is 5.42. The van der Waals surface area contributed by atoms with Crippen LogP contribution in [0.5, 0.6) is 0 Å². The van der Waals surface area contributed by atoms with E-state index in [2.05, 4.69) is 15.9 Å². The fourth-order valence-corrected chi connectivity index (χ4v) is 1.96. The average Bonchev–Trinajstić information content (AvgIpc) is 2.50. The highest BCUT2D eigenvalue weighted by molar-refractivity contribution is 9.09. The second-order valence-electron chi connectivity index (χ2n) is 3.27. The summed E-state index contributed by atoms with van der Waals surface area (Å²) in [5.41, 5.74) is 0. The van der Waals surface area contributed by atoms with Crippen molar-refractivity contribution in [1.29, 1.82) is 0 Å². The first-order chi connectivity index (χ1) is 5.85. The molecule has 2 aliphatic heterocycles. The van der Waals surface area contributed by atoms with E-state index in [0.29, 0.717) is 13.2 Å². The standard InChI is InChI=1S/C8H13BrO3/c9-4-7-5-11-8(12-7)2-1-3-10-6-8/h7H,1-6H2. The van der Waals surface area contributed by atoms with Crippen LogP contribution in [0.3, 0.4) is 0 Å². The molecule has 0 saturated carbocycles. The molecule has 3 nitrogen and oxygen atoms in total. The minimum absolute atomic E-state index is 0.201. The maximum atomic E-state index is 5.74. The summed E-state index contributed by atoms with van der Waals surface area (Å²) in [5.74, 6) is -0.406. The van der Waals surface area contributed by atoms with Crippen LogP contribution >= 0.6 is 15.9 Å². The topological polar surface area (TPSA) is 27.7 Å². The zero-order valence-electron chi connectivity index (χ0n) is 6.92. The summed E-state index contributed by atoms with van der Waals surface area (Å²) in [5, 5.41) is 0.842. The van der Waals surface area contributed by atoms with Crippen LogP contribution in [0.25, 0.3) is 0 Å². The Morgan fingerprint density at radius 2 is 2.42 bits per heavy atom. The number of hydrogen-bond donors (Lipinski definition) is 0. The van der Waals surface area contributed by atoms with Gasteiger partial charge in [0.05, 0.1) is 12.7 Å². The van der Waals surface area contributed by atoms with Crippen LogP contribution in [-0.4, -0.2) is 37.0 Å². The molecule has 0 amide bonds. The number of rotatable bonds is 1. The average molecular weight is 237 g/mol. The summed E-state index contributed by atoms with van der Waals surface area (Å²) in [4.78, 5) is 0. The summed E-state index contributed by atoms with van der Waals surface area (Å²) in [6, 6.07) is 0. The number of alkyl halides is 1. The summed E-state index contributed by atoms with van der Waals surface area (Å²) in [7, 11) is 0. The van der Waals surface area contributed by atoms with Gasteiger partial charge in [-0.25, -0.2) is 0 Å². The summed E-state index contributed by atoms with van der Waals surface area (Å²) < 4.78 is 16.7. The van der Waals surface area contributed by atoms with Crippen LogP contribution in [0, 0.1) is 0 Å². The Bertz CT molecular complexity index is 156. The second-order valence-corrected chi connectivity index (χ2v) is 3.92. The Morgan fingerprint density at radius 3 is 3.00 bits per heavy atom. The molecule has 0 radical (unpaired) electrons. The third-order valence-corrected chi connectivity index (χ3v) is 2.98. The predicted molar refractivity (Wildman–Crippen MR) is 47.4 cm³/mol. The third-order valence-electron chi connectivity index (χ3n) is 2.25. The van der Waals surface area contributed by atoms with E-state index in [0.717, 1.165) is 24.8 Å². The van der Waals surface area contributed by atoms with Crippen molar-refractivity contribution >= 4 is 15.9 Å². The maximum absolute atomic E-state index is 5.74. The first kappa shape index (κ1) is 8.94. The predicted octanol–water partition coefficient (Wildman–Crippen LogP) is 1.30. The van der Waals surface area contributed by atoms with Crippen molar-refractivity contribution in [1.82, 2.24) is 0 Å². The fourth-order valence-electron chi connectivity index (χ4n) is 1.64. The van der Waals surface area contributed by atoms with Gasteiger partial charge in [-0.1, -0.05) is 15.9 Å². The highest BCUT2D eigenvalue weighted by Crippen LogP contribution is 2.31. The molecule has 0 aromatic rings. The maximum Gasteiger partial charge on any atom is 0.192 e. The molecule has 2 unspecified atom stereocenters. The van der Waals surface area contributed by atoms with Gasteiger partial charge in [0.1, 0.15) is 6.61 Å². The molecule has 2 heterocycles. The van der Waals surface area contributed by atoms with Gasteiger partial charge in [0.15, 0.2) is 5.79 Å². The van der Waals surface area contributed by atoms with E-state index in [1.54, 1.807) is 0 Å². The largest absolute Gasteiger partial charge is 0.376 e. The van der Waals surface area contributed by atoms with Gasteiger partial charge in [0.25, 0.3) is 0 Å². The summed E-state index contributed by atoms with van der Waals surface area (Å²) >= 11 is 3.38. The zero-order chi connectivity index (χ0) is 8.44. The number of ether oxygens (including phenoxy) is 3. The van der Waals surface area contributed by atoms with Crippen LogP contribution in [0.1, 0.15) is 12.8 Å². The van der Waals surface area contributed by atoms with E-state index in [9.17, 15) is 0 Å². The molecule has 0 N–H and O–H groups in total. The lowest BCUT2D eigenvalue weighted by atomic mass is 10.1. The van der Waals surface area contributed by atoms with Gasteiger partial charge in [-0.15, -0.1) is 0 Å². The molecule has 12 heavy (non-hydrogen) atoms. The lowest BCUT2D eigenvalue weighted by Crippen LogP contribution is -2.40. The Labute approximate surface area is 80.5 Å². The third kappa shape index (κ3) is 1.66. The van der Waals surface area contributed by atoms with E-state index in [1.165, 1.54) is 0 Å². The highest BCUT2D eigenvalue weighted by Gasteiger charge is 2.42. The van der Waals surface area contributed by atoms with Crippen LogP contribution in [-0.2, 0) is 14.2 Å². The molecule has 70 valence electrons. The quantitative estimate of drug-likeness (QED) is 0.643. The molecule has 0 aromatic carbocycles. The van der Waals surface area contributed by atoms with Gasteiger partial charge in [0, 0.05) is 18.4 Å². The molecule has 2 rings (SSSR count). The Hall–Kier alpha value is 0.360. The molecule has 4 heteroatoms. The Kier molecular flexibility index (Phi) is 2.69. The van der Waals surface area contributed by atoms with E-state index < -0.39 is 5.79 Å². The van der Waals surface area contributed by atoms with Crippen molar-refractivity contribution in [2.24, 2.45) is 0 Å². The minimum Gasteiger partial charge on any atom is -0.376 e. The highest BCUT2D eigenvalue weighted by atomic mass is 79.9. The molecule has 1 spiro atoms. The van der Waals surface area contributed by atoms with Crippen molar-refractivity contribution < 1.29 is 14.2 Å². The molecule has 0 bridgehead atoms. The first-order valence-electron chi connectivity index (χ1n) is 4.30. The lowest BCUT2D eigenvalue weighted by Gasteiger charge is -2.31. The van der Waals surface area contributed by atoms with Crippen molar-refractivity contribution in [3.05, 3.63) is 0 Å². The van der Waals surface area contributed by atoms with Crippen LogP contribution in [0.4, 0.5) is 0 Å². The van der Waals surface area contributed by atoms with E-state index in [-0.39, 0.29) is 6.10 Å². The van der Waals surface area contributed by atoms with Crippen molar-refractivity contribution in [3.8, 4) is 0 Å². The van der Waals surface area contributed by atoms with Crippen LogP contribution in [0.2, 0.25) is 0 Å². The normalized spacial score (nSPS) is 42.2. The smallest absolute Gasteiger partial charge is 0.192 e. The monoisotopic (exact) mass is 236 g/mol. The fraction of sp³-hybridized carbons (Fsp3) is 1.00. The van der Waals surface area contributed by atoms with Crippen LogP contribution in [0.15, 0.2) is 0 Å². The number of halogens is 1. The van der Waals surface area contributed by atoms with E-state index >= 15 is 0 Å². The van der Waals surface area contributed by atoms with Gasteiger partial charge in [0.2, 0.25) is 0 Å². The molecular formula is C8H13BrO3. The van der Waals surface area contributed by atoms with Crippen molar-refractivity contribution in [3.63, 3.8) is 0 Å². The molecular weight excluding hydrogens is 224 g/mol. The lowest BCUT2D eigenvalue weighted by molar-refractivity contribution is -0.223. The molecule has 2 atom stereocenters. The second kappa shape index (κ2) is 3.62. The van der Waals surface area contributed by atoms with E-state index in [4.69, 9.17) is 14.2 Å². The summed E-state index contributed by atoms with van der Waals surface area (Å²) in [6.45, 7) is 2.12. The molecule has 2 saturated heterocycles. The number of hydrogen-bond acceptors (Lipinski definition) is 3. The van der Waals surface area contributed by atoms with Crippen molar-refractivity contribution in [2.45, 2.75) is 24.7 Å². The Balaban J connectivity index is 1.94. The molecule has 2 aliphatic rings. The van der Waals surface area contributed by atoms with Gasteiger partial charge in [-0.3, -0.25) is 0 Å². The minimum atomic E-state index is -0.406. The molecule has 0 aliphatic carbocycles. The SMILES string of the molecule is BrCC1COC2(CCCOC2)O1. The van der Waals surface area contributed by atoms with Crippen molar-refractivity contribution in [2.75, 3.05) is 25.2 Å².